The highest BCUT2D eigenvalue weighted by molar-refractivity contribution is 5.70. The fourth-order valence-electron chi connectivity index (χ4n) is 7.46. The summed E-state index contributed by atoms with van der Waals surface area (Å²) in [4.78, 5) is 25.4. The number of carbonyl (C=O) groups is 2. The predicted octanol–water partition coefficient (Wildman–Crippen LogP) is 18.5. The van der Waals surface area contributed by atoms with E-state index in [2.05, 4.69) is 106 Å². The summed E-state index contributed by atoms with van der Waals surface area (Å²) in [5, 5.41) is 0. The zero-order valence-electron chi connectivity index (χ0n) is 42.3. The van der Waals surface area contributed by atoms with Crippen LogP contribution in [0.4, 0.5) is 0 Å². The van der Waals surface area contributed by atoms with Crippen molar-refractivity contribution >= 4 is 11.9 Å². The molecule has 1 unspecified atom stereocenters. The van der Waals surface area contributed by atoms with Crippen molar-refractivity contribution in [2.45, 2.75) is 258 Å². The summed E-state index contributed by atoms with van der Waals surface area (Å²) >= 11 is 0. The summed E-state index contributed by atoms with van der Waals surface area (Å²) in [6, 6.07) is 0. The van der Waals surface area contributed by atoms with Gasteiger partial charge in [0.2, 0.25) is 0 Å². The Bertz CT molecular complexity index is 1190. The van der Waals surface area contributed by atoms with Gasteiger partial charge in [-0.25, -0.2) is 0 Å². The second-order valence-electron chi connectivity index (χ2n) is 17.7. The quantitative estimate of drug-likeness (QED) is 0.0346. The fourth-order valence-corrected chi connectivity index (χ4v) is 7.46. The number of hydrogen-bond donors (Lipinski definition) is 0. The number of ether oxygens (including phenoxy) is 3. The van der Waals surface area contributed by atoms with Crippen molar-refractivity contribution in [1.82, 2.24) is 0 Å². The van der Waals surface area contributed by atoms with Crippen LogP contribution in [0.15, 0.2) is 85.1 Å². The summed E-state index contributed by atoms with van der Waals surface area (Å²) < 4.78 is 17.4. The molecule has 0 aromatic heterocycles. The molecule has 0 rings (SSSR count). The van der Waals surface area contributed by atoms with E-state index in [4.69, 9.17) is 14.2 Å². The number of rotatable bonds is 49. The molecule has 0 aliphatic rings. The minimum atomic E-state index is -0.548. The van der Waals surface area contributed by atoms with E-state index in [-0.39, 0.29) is 25.2 Å². The second kappa shape index (κ2) is 54.4. The summed E-state index contributed by atoms with van der Waals surface area (Å²) in [7, 11) is 0. The monoisotopic (exact) mass is 891 g/mol. The van der Waals surface area contributed by atoms with Crippen molar-refractivity contribution < 1.29 is 23.8 Å². The molecule has 5 nitrogen and oxygen atoms in total. The van der Waals surface area contributed by atoms with E-state index in [0.717, 1.165) is 96.3 Å². The normalized spacial score (nSPS) is 12.9. The van der Waals surface area contributed by atoms with Crippen molar-refractivity contribution in [3.63, 3.8) is 0 Å². The maximum absolute atomic E-state index is 12.8. The molecule has 0 aromatic carbocycles. The Kier molecular flexibility index (Phi) is 51.9. The number of unbranched alkanes of at least 4 members (excludes halogenated alkanes) is 24. The smallest absolute Gasteiger partial charge is 0.306 e. The topological polar surface area (TPSA) is 61.8 Å². The van der Waals surface area contributed by atoms with Gasteiger partial charge in [-0.05, 0) is 89.9 Å². The maximum Gasteiger partial charge on any atom is 0.306 e. The lowest BCUT2D eigenvalue weighted by molar-refractivity contribution is -0.163. The van der Waals surface area contributed by atoms with E-state index in [1.54, 1.807) is 0 Å². The lowest BCUT2D eigenvalue weighted by Gasteiger charge is -2.18. The Hall–Kier alpha value is -2.92. The molecule has 0 saturated carbocycles. The summed E-state index contributed by atoms with van der Waals surface area (Å²) in [6.07, 6.45) is 71.7. The molecule has 0 aliphatic carbocycles. The SMILES string of the molecule is CC/C=C\C/C=C\C/C=C\C/C=C\CCCCCCCCCOCC(COC(=O)CCCCCCCCC/C=C\C/C=C\C/C=C\CC)OC(=O)CCCCCCCCCCCCC. The second-order valence-corrected chi connectivity index (χ2v) is 17.7. The van der Waals surface area contributed by atoms with Gasteiger partial charge in [-0.15, -0.1) is 0 Å². The van der Waals surface area contributed by atoms with Crippen molar-refractivity contribution in [2.75, 3.05) is 19.8 Å². The molecule has 5 heteroatoms. The van der Waals surface area contributed by atoms with Gasteiger partial charge in [-0.1, -0.05) is 234 Å². The summed E-state index contributed by atoms with van der Waals surface area (Å²) in [6.45, 7) is 7.58. The van der Waals surface area contributed by atoms with Crippen LogP contribution in [0.5, 0.6) is 0 Å². The molecule has 0 aliphatic heterocycles. The van der Waals surface area contributed by atoms with Crippen molar-refractivity contribution in [3.8, 4) is 0 Å². The van der Waals surface area contributed by atoms with Gasteiger partial charge in [0, 0.05) is 19.4 Å². The van der Waals surface area contributed by atoms with Crippen molar-refractivity contribution in [2.24, 2.45) is 0 Å². The van der Waals surface area contributed by atoms with Crippen LogP contribution in [0.25, 0.3) is 0 Å². The molecular formula is C59H102O5. The molecule has 0 fully saturated rings. The first-order chi connectivity index (χ1) is 31.6. The van der Waals surface area contributed by atoms with Crippen LogP contribution < -0.4 is 0 Å². The van der Waals surface area contributed by atoms with Gasteiger partial charge < -0.3 is 14.2 Å². The fraction of sp³-hybridized carbons (Fsp3) is 0.729. The molecule has 368 valence electrons. The van der Waals surface area contributed by atoms with E-state index in [1.807, 2.05) is 0 Å². The molecule has 0 bridgehead atoms. The van der Waals surface area contributed by atoms with E-state index in [1.165, 1.54) is 122 Å². The van der Waals surface area contributed by atoms with Gasteiger partial charge in [0.05, 0.1) is 6.61 Å². The lowest BCUT2D eigenvalue weighted by atomic mass is 10.1. The molecule has 64 heavy (non-hydrogen) atoms. The van der Waals surface area contributed by atoms with Crippen molar-refractivity contribution in [1.29, 1.82) is 0 Å². The Balaban J connectivity index is 4.26. The van der Waals surface area contributed by atoms with Crippen molar-refractivity contribution in [3.05, 3.63) is 85.1 Å². The van der Waals surface area contributed by atoms with E-state index < -0.39 is 6.10 Å². The van der Waals surface area contributed by atoms with Crippen LogP contribution in [0.2, 0.25) is 0 Å². The Morgan fingerprint density at radius 3 is 1.12 bits per heavy atom. The first-order valence-corrected chi connectivity index (χ1v) is 27.1. The van der Waals surface area contributed by atoms with Crippen LogP contribution >= 0.6 is 0 Å². The van der Waals surface area contributed by atoms with E-state index in [0.29, 0.717) is 19.4 Å². The lowest BCUT2D eigenvalue weighted by Crippen LogP contribution is -2.30. The molecule has 0 aromatic rings. The average Bonchev–Trinajstić information content (AvgIpc) is 3.30. The third kappa shape index (κ3) is 51.7. The van der Waals surface area contributed by atoms with Gasteiger partial charge >= 0.3 is 11.9 Å². The molecular weight excluding hydrogens is 789 g/mol. The Morgan fingerprint density at radius 1 is 0.359 bits per heavy atom. The van der Waals surface area contributed by atoms with Crippen LogP contribution in [0.1, 0.15) is 252 Å². The minimum Gasteiger partial charge on any atom is -0.462 e. The van der Waals surface area contributed by atoms with Gasteiger partial charge in [0.1, 0.15) is 6.61 Å². The number of allylic oxidation sites excluding steroid dienone is 14. The molecule has 0 spiro atoms. The van der Waals surface area contributed by atoms with Gasteiger partial charge in [-0.3, -0.25) is 9.59 Å². The zero-order chi connectivity index (χ0) is 46.3. The number of esters is 2. The summed E-state index contributed by atoms with van der Waals surface area (Å²) in [5.74, 6) is -0.411. The highest BCUT2D eigenvalue weighted by atomic mass is 16.6. The Labute approximate surface area is 397 Å². The standard InChI is InChI=1S/C59H102O5/c1-4-7-10-13-16-19-22-24-26-28-29-30-32-34-36-39-42-45-48-51-54-62-55-57(64-59(61)53-50-47-44-41-37-21-18-15-12-9-6-3)56-63-58(60)52-49-46-43-40-38-35-33-31-27-25-23-20-17-14-11-8-5-2/h7-8,10-11,16-17,19-20,24-27,29-30,57H,4-6,9,12-15,18,21-23,28,31-56H2,1-3H3/b10-7-,11-8-,19-16-,20-17-,26-24-,27-25-,30-29-. The molecule has 0 saturated heterocycles. The molecule has 0 heterocycles. The highest BCUT2D eigenvalue weighted by Gasteiger charge is 2.17. The maximum atomic E-state index is 12.8. The predicted molar refractivity (Wildman–Crippen MR) is 279 cm³/mol. The molecule has 1 atom stereocenters. The van der Waals surface area contributed by atoms with Crippen LogP contribution in [0, 0.1) is 0 Å². The average molecular weight is 891 g/mol. The van der Waals surface area contributed by atoms with Gasteiger partial charge in [0.15, 0.2) is 6.10 Å². The highest BCUT2D eigenvalue weighted by Crippen LogP contribution is 2.15. The van der Waals surface area contributed by atoms with Crippen LogP contribution in [-0.4, -0.2) is 37.9 Å². The van der Waals surface area contributed by atoms with Crippen LogP contribution in [-0.2, 0) is 23.8 Å². The number of hydrogen-bond acceptors (Lipinski definition) is 5. The van der Waals surface area contributed by atoms with Gasteiger partial charge in [0.25, 0.3) is 0 Å². The first-order valence-electron chi connectivity index (χ1n) is 27.1. The largest absolute Gasteiger partial charge is 0.462 e. The van der Waals surface area contributed by atoms with E-state index in [9.17, 15) is 9.59 Å². The number of carbonyl (C=O) groups excluding carboxylic acids is 2. The van der Waals surface area contributed by atoms with Crippen LogP contribution in [0.3, 0.4) is 0 Å². The van der Waals surface area contributed by atoms with Gasteiger partial charge in [-0.2, -0.15) is 0 Å². The third-order valence-corrected chi connectivity index (χ3v) is 11.4. The molecule has 0 N–H and O–H groups in total. The third-order valence-electron chi connectivity index (χ3n) is 11.4. The summed E-state index contributed by atoms with van der Waals surface area (Å²) in [5.41, 5.74) is 0. The Morgan fingerprint density at radius 2 is 0.703 bits per heavy atom. The minimum absolute atomic E-state index is 0.0742. The molecule has 0 radical (unpaired) electrons. The molecule has 0 amide bonds. The first kappa shape index (κ1) is 61.1. The van der Waals surface area contributed by atoms with E-state index >= 15 is 0 Å². The zero-order valence-corrected chi connectivity index (χ0v) is 42.3.